The van der Waals surface area contributed by atoms with Gasteiger partial charge in [-0.3, -0.25) is 5.01 Å². The summed E-state index contributed by atoms with van der Waals surface area (Å²) in [5.41, 5.74) is 1.94. The van der Waals surface area contributed by atoms with E-state index in [1.54, 1.807) is 35.3 Å². The van der Waals surface area contributed by atoms with E-state index in [0.717, 1.165) is 11.6 Å². The van der Waals surface area contributed by atoms with Gasteiger partial charge in [-0.15, -0.1) is 0 Å². The number of benzene rings is 3. The van der Waals surface area contributed by atoms with Crippen LogP contribution >= 0.6 is 50.7 Å². The van der Waals surface area contributed by atoms with Crippen molar-refractivity contribution in [3.8, 4) is 0 Å². The predicted molar refractivity (Wildman–Crippen MR) is 134 cm³/mol. The summed E-state index contributed by atoms with van der Waals surface area (Å²) in [6.07, 6.45) is 0.357. The van der Waals surface area contributed by atoms with Crippen LogP contribution in [0.25, 0.3) is 0 Å². The average molecular weight is 610 g/mol. The highest BCUT2D eigenvalue weighted by atomic mass is 79.9. The molecule has 1 N–H and O–H groups in total. The molecule has 0 amide bonds. The van der Waals surface area contributed by atoms with Crippen molar-refractivity contribution in [2.45, 2.75) is 17.4 Å². The second-order valence-corrected chi connectivity index (χ2v) is 11.2. The molecule has 34 heavy (non-hydrogen) atoms. The normalized spacial score (nSPS) is 16.1. The van der Waals surface area contributed by atoms with Crippen LogP contribution in [0.5, 0.6) is 0 Å². The fourth-order valence-electron chi connectivity index (χ4n) is 3.55. The summed E-state index contributed by atoms with van der Waals surface area (Å²) in [5.74, 6) is -2.11. The summed E-state index contributed by atoms with van der Waals surface area (Å²) >= 11 is 21.4. The van der Waals surface area contributed by atoms with Crippen molar-refractivity contribution in [3.05, 3.63) is 91.3 Å². The third-order valence-electron chi connectivity index (χ3n) is 5.08. The smallest absolute Gasteiger partial charge is 0.244 e. The first kappa shape index (κ1) is 25.3. The SMILES string of the molecule is O=S(=O)(NCC1=NN(c2ccc(Cl)cc2Cl)C(c2ccc(Cl)cc2)C1)c1c(F)cc(F)cc1Br. The molecule has 0 spiro atoms. The van der Waals surface area contributed by atoms with E-state index >= 15 is 0 Å². The summed E-state index contributed by atoms with van der Waals surface area (Å²) in [4.78, 5) is -0.681. The van der Waals surface area contributed by atoms with Gasteiger partial charge in [0, 0.05) is 27.0 Å². The average Bonchev–Trinajstić information content (AvgIpc) is 3.16. The predicted octanol–water partition coefficient (Wildman–Crippen LogP) is 6.97. The van der Waals surface area contributed by atoms with Crippen molar-refractivity contribution >= 4 is 72.2 Å². The number of hydrazone groups is 1. The molecule has 1 aliphatic rings. The van der Waals surface area contributed by atoms with Crippen LogP contribution in [0.3, 0.4) is 0 Å². The Morgan fingerprint density at radius 1 is 1.03 bits per heavy atom. The molecule has 0 fully saturated rings. The molecule has 5 nitrogen and oxygen atoms in total. The van der Waals surface area contributed by atoms with Crippen molar-refractivity contribution < 1.29 is 17.2 Å². The summed E-state index contributed by atoms with van der Waals surface area (Å²) in [7, 11) is -4.31. The lowest BCUT2D eigenvalue weighted by Gasteiger charge is -2.25. The molecule has 3 aromatic rings. The van der Waals surface area contributed by atoms with Gasteiger partial charge >= 0.3 is 0 Å². The number of halogens is 6. The summed E-state index contributed by atoms with van der Waals surface area (Å²) in [5, 5.41) is 7.66. The Balaban J connectivity index is 1.63. The molecule has 0 aliphatic carbocycles. The molecule has 1 unspecified atom stereocenters. The number of sulfonamides is 1. The first-order chi connectivity index (χ1) is 16.0. The second kappa shape index (κ2) is 10.1. The minimum absolute atomic E-state index is 0.197. The first-order valence-corrected chi connectivity index (χ1v) is 13.2. The highest BCUT2D eigenvalue weighted by Gasteiger charge is 2.32. The standard InChI is InChI=1S/C22H15BrCl3F2N3O2S/c23-17-8-15(27)9-19(28)22(17)34(32,33)29-11-16-10-21(12-1-3-13(24)4-2-12)31(30-16)20-6-5-14(25)7-18(20)26/h1-9,21,29H,10-11H2. The maximum Gasteiger partial charge on any atom is 0.244 e. The Hall–Kier alpha value is -1.75. The minimum Gasteiger partial charge on any atom is -0.256 e. The maximum atomic E-state index is 14.2. The van der Waals surface area contributed by atoms with Crippen LogP contribution in [-0.4, -0.2) is 20.7 Å². The van der Waals surface area contributed by atoms with Crippen LogP contribution < -0.4 is 9.73 Å². The quantitative estimate of drug-likeness (QED) is 0.328. The Kier molecular flexibility index (Phi) is 7.52. The summed E-state index contributed by atoms with van der Waals surface area (Å²) in [6, 6.07) is 13.2. The van der Waals surface area contributed by atoms with Crippen LogP contribution in [0.4, 0.5) is 14.5 Å². The van der Waals surface area contributed by atoms with Gasteiger partial charge in [0.1, 0.15) is 16.5 Å². The highest BCUT2D eigenvalue weighted by Crippen LogP contribution is 2.40. The van der Waals surface area contributed by atoms with Gasteiger partial charge in [-0.2, -0.15) is 5.10 Å². The zero-order valence-corrected chi connectivity index (χ0v) is 21.7. The molecule has 178 valence electrons. The van der Waals surface area contributed by atoms with Gasteiger partial charge < -0.3 is 0 Å². The number of hydrogen-bond donors (Lipinski definition) is 1. The van der Waals surface area contributed by atoms with Crippen molar-refractivity contribution in [1.29, 1.82) is 0 Å². The van der Waals surface area contributed by atoms with Crippen LogP contribution in [0.2, 0.25) is 15.1 Å². The molecular weight excluding hydrogens is 595 g/mol. The van der Waals surface area contributed by atoms with E-state index in [9.17, 15) is 17.2 Å². The van der Waals surface area contributed by atoms with Crippen molar-refractivity contribution in [2.75, 3.05) is 11.6 Å². The molecule has 3 aromatic carbocycles. The van der Waals surface area contributed by atoms with Gasteiger partial charge in [0.2, 0.25) is 10.0 Å². The fourth-order valence-corrected chi connectivity index (χ4v) is 6.35. The fraction of sp³-hybridized carbons (Fsp3) is 0.136. The zero-order chi connectivity index (χ0) is 24.6. The number of nitrogens with one attached hydrogen (secondary N) is 1. The highest BCUT2D eigenvalue weighted by molar-refractivity contribution is 9.10. The lowest BCUT2D eigenvalue weighted by atomic mass is 10.0. The van der Waals surface area contributed by atoms with E-state index in [1.165, 1.54) is 0 Å². The zero-order valence-electron chi connectivity index (χ0n) is 17.1. The molecule has 1 heterocycles. The molecule has 0 radical (unpaired) electrons. The van der Waals surface area contributed by atoms with Gasteiger partial charge in [-0.25, -0.2) is 21.9 Å². The van der Waals surface area contributed by atoms with Gasteiger partial charge in [-0.1, -0.05) is 46.9 Å². The van der Waals surface area contributed by atoms with Crippen LogP contribution in [0.15, 0.2) is 69.1 Å². The van der Waals surface area contributed by atoms with Crippen molar-refractivity contribution in [2.24, 2.45) is 5.10 Å². The third kappa shape index (κ3) is 5.40. The van der Waals surface area contributed by atoms with Crippen LogP contribution in [0.1, 0.15) is 18.0 Å². The second-order valence-electron chi connectivity index (χ2n) is 7.40. The molecule has 1 aliphatic heterocycles. The topological polar surface area (TPSA) is 61.8 Å². The molecule has 4 rings (SSSR count). The number of nitrogens with zero attached hydrogens (tertiary/aromatic N) is 2. The van der Waals surface area contributed by atoms with E-state index in [1.807, 2.05) is 12.1 Å². The molecule has 0 saturated heterocycles. The monoisotopic (exact) mass is 607 g/mol. The number of rotatable bonds is 6. The summed E-state index contributed by atoms with van der Waals surface area (Å²) in [6.45, 7) is -0.197. The van der Waals surface area contributed by atoms with Gasteiger partial charge in [0.15, 0.2) is 0 Å². The van der Waals surface area contributed by atoms with E-state index in [4.69, 9.17) is 34.8 Å². The van der Waals surface area contributed by atoms with Gasteiger partial charge in [0.25, 0.3) is 0 Å². The molecule has 0 aromatic heterocycles. The lowest BCUT2D eigenvalue weighted by Crippen LogP contribution is -2.30. The molecule has 1 atom stereocenters. The molecule has 0 bridgehead atoms. The largest absolute Gasteiger partial charge is 0.256 e. The Morgan fingerprint density at radius 3 is 2.35 bits per heavy atom. The maximum absolute atomic E-state index is 14.2. The Bertz CT molecular complexity index is 1370. The minimum atomic E-state index is -4.31. The molecule has 12 heteroatoms. The van der Waals surface area contributed by atoms with Crippen molar-refractivity contribution in [1.82, 2.24) is 4.72 Å². The van der Waals surface area contributed by atoms with E-state index < -0.39 is 26.6 Å². The number of anilines is 1. The molecular formula is C22H15BrCl3F2N3O2S. The first-order valence-electron chi connectivity index (χ1n) is 9.75. The van der Waals surface area contributed by atoms with E-state index in [-0.39, 0.29) is 17.1 Å². The van der Waals surface area contributed by atoms with Gasteiger partial charge in [-0.05, 0) is 57.9 Å². The van der Waals surface area contributed by atoms with Crippen molar-refractivity contribution in [3.63, 3.8) is 0 Å². The van der Waals surface area contributed by atoms with E-state index in [0.29, 0.717) is 39.0 Å². The Labute approximate surface area is 218 Å². The van der Waals surface area contributed by atoms with Crippen LogP contribution in [-0.2, 0) is 10.0 Å². The number of hydrogen-bond acceptors (Lipinski definition) is 4. The summed E-state index contributed by atoms with van der Waals surface area (Å²) < 4.78 is 55.2. The van der Waals surface area contributed by atoms with E-state index in [2.05, 4.69) is 25.8 Å². The van der Waals surface area contributed by atoms with Crippen LogP contribution in [0, 0.1) is 11.6 Å². The molecule has 0 saturated carbocycles. The lowest BCUT2D eigenvalue weighted by molar-refractivity contribution is 0.542. The van der Waals surface area contributed by atoms with Gasteiger partial charge in [0.05, 0.1) is 29.0 Å². The Morgan fingerprint density at radius 2 is 1.71 bits per heavy atom. The third-order valence-corrected chi connectivity index (χ3v) is 8.24.